The number of nitrogens with zero attached hydrogens (tertiary/aromatic N) is 4. The molecule has 0 unspecified atom stereocenters. The first-order valence-corrected chi connectivity index (χ1v) is 12.1. The number of urea groups is 1. The second kappa shape index (κ2) is 9.73. The summed E-state index contributed by atoms with van der Waals surface area (Å²) in [7, 11) is 0. The largest absolute Gasteiger partial charge is 0.465 e. The molecule has 1 aliphatic rings. The molecule has 5 rings (SSSR count). The van der Waals surface area contributed by atoms with Crippen LogP contribution < -0.4 is 5.32 Å². The van der Waals surface area contributed by atoms with Gasteiger partial charge in [-0.2, -0.15) is 5.10 Å². The van der Waals surface area contributed by atoms with E-state index in [9.17, 15) is 9.59 Å². The van der Waals surface area contributed by atoms with Gasteiger partial charge in [-0.1, -0.05) is 48.0 Å². The van der Waals surface area contributed by atoms with Gasteiger partial charge in [0.2, 0.25) is 0 Å². The summed E-state index contributed by atoms with van der Waals surface area (Å²) >= 11 is 0. The van der Waals surface area contributed by atoms with Gasteiger partial charge in [-0.15, -0.1) is 0 Å². The monoisotopic (exact) mass is 483 g/mol. The second-order valence-corrected chi connectivity index (χ2v) is 8.85. The Labute approximate surface area is 210 Å². The minimum absolute atomic E-state index is 0.195. The molecule has 0 radical (unpaired) electrons. The van der Waals surface area contributed by atoms with E-state index in [0.717, 1.165) is 39.6 Å². The normalized spacial score (nSPS) is 14.5. The summed E-state index contributed by atoms with van der Waals surface area (Å²) in [4.78, 5) is 27.4. The number of aromatic nitrogens is 3. The summed E-state index contributed by atoms with van der Waals surface area (Å²) < 4.78 is 9.06. The van der Waals surface area contributed by atoms with Gasteiger partial charge in [-0.25, -0.2) is 9.48 Å². The summed E-state index contributed by atoms with van der Waals surface area (Å²) in [6.07, 6.45) is 2.01. The van der Waals surface area contributed by atoms with Gasteiger partial charge in [-0.05, 0) is 50.6 Å². The highest BCUT2D eigenvalue weighted by Crippen LogP contribution is 2.38. The molecule has 2 aromatic heterocycles. The summed E-state index contributed by atoms with van der Waals surface area (Å²) in [6, 6.07) is 21.4. The van der Waals surface area contributed by atoms with E-state index in [1.54, 1.807) is 11.8 Å². The van der Waals surface area contributed by atoms with Crippen LogP contribution in [-0.4, -0.2) is 44.4 Å². The Kier molecular flexibility index (Phi) is 6.33. The standard InChI is InChI=1S/C28H29N5O3/c1-4-36-25(34)17-29-28(35)32-18-23-20(3)30-33(22-12-6-5-7-13-22)27(23)31-15-9-14-24(31)26(32)21-11-8-10-19(2)16-21/h5-16,26H,4,17-18H2,1-3H3,(H,29,35)/t26-/m1/s1. The van der Waals surface area contributed by atoms with Gasteiger partial charge in [0.1, 0.15) is 12.4 Å². The van der Waals surface area contributed by atoms with Crippen LogP contribution in [0.4, 0.5) is 4.79 Å². The zero-order valence-corrected chi connectivity index (χ0v) is 20.6. The van der Waals surface area contributed by atoms with E-state index in [4.69, 9.17) is 9.84 Å². The molecule has 8 heteroatoms. The van der Waals surface area contributed by atoms with E-state index < -0.39 is 5.97 Å². The predicted molar refractivity (Wildman–Crippen MR) is 136 cm³/mol. The van der Waals surface area contributed by atoms with Crippen molar-refractivity contribution in [2.45, 2.75) is 33.4 Å². The molecule has 184 valence electrons. The van der Waals surface area contributed by atoms with Crippen molar-refractivity contribution in [2.24, 2.45) is 0 Å². The van der Waals surface area contributed by atoms with Crippen molar-refractivity contribution < 1.29 is 14.3 Å². The van der Waals surface area contributed by atoms with Crippen LogP contribution in [0.2, 0.25) is 0 Å². The molecule has 0 fully saturated rings. The SMILES string of the molecule is CCOC(=O)CNC(=O)N1Cc2c(C)nn(-c3ccccc3)c2-n2cccc2[C@H]1c1cccc(C)c1. The first-order chi connectivity index (χ1) is 17.5. The number of benzene rings is 2. The number of hydrogen-bond acceptors (Lipinski definition) is 4. The zero-order valence-electron chi connectivity index (χ0n) is 20.6. The van der Waals surface area contributed by atoms with Gasteiger partial charge in [0.05, 0.1) is 36.3 Å². The van der Waals surface area contributed by atoms with Crippen LogP contribution in [0.15, 0.2) is 72.9 Å². The van der Waals surface area contributed by atoms with Crippen molar-refractivity contribution in [2.75, 3.05) is 13.2 Å². The van der Waals surface area contributed by atoms with Crippen LogP contribution in [0.3, 0.4) is 0 Å². The predicted octanol–water partition coefficient (Wildman–Crippen LogP) is 4.46. The van der Waals surface area contributed by atoms with Gasteiger partial charge in [-0.3, -0.25) is 4.79 Å². The van der Waals surface area contributed by atoms with Crippen molar-refractivity contribution in [1.29, 1.82) is 0 Å². The number of fused-ring (bicyclic) bond motifs is 3. The van der Waals surface area contributed by atoms with Crippen molar-refractivity contribution in [3.05, 3.63) is 101 Å². The fourth-order valence-corrected chi connectivity index (χ4v) is 4.80. The number of para-hydroxylation sites is 1. The van der Waals surface area contributed by atoms with E-state index in [-0.39, 0.29) is 25.2 Å². The van der Waals surface area contributed by atoms with Crippen molar-refractivity contribution in [3.63, 3.8) is 0 Å². The van der Waals surface area contributed by atoms with Crippen molar-refractivity contribution in [3.8, 4) is 11.5 Å². The number of carbonyl (C=O) groups excluding carboxylic acids is 2. The molecular formula is C28H29N5O3. The summed E-state index contributed by atoms with van der Waals surface area (Å²) in [5.74, 6) is 0.432. The van der Waals surface area contributed by atoms with Crippen LogP contribution in [0.5, 0.6) is 0 Å². The van der Waals surface area contributed by atoms with E-state index >= 15 is 0 Å². The van der Waals surface area contributed by atoms with Gasteiger partial charge in [0, 0.05) is 11.8 Å². The lowest BCUT2D eigenvalue weighted by atomic mass is 10.00. The van der Waals surface area contributed by atoms with Crippen LogP contribution in [0.25, 0.3) is 11.5 Å². The lowest BCUT2D eigenvalue weighted by Gasteiger charge is -2.31. The molecule has 0 spiro atoms. The number of hydrogen-bond donors (Lipinski definition) is 1. The fourth-order valence-electron chi connectivity index (χ4n) is 4.80. The number of ether oxygens (including phenoxy) is 1. The summed E-state index contributed by atoms with van der Waals surface area (Å²) in [5.41, 5.74) is 5.74. The highest BCUT2D eigenvalue weighted by Gasteiger charge is 2.36. The molecule has 1 atom stereocenters. The van der Waals surface area contributed by atoms with Gasteiger partial charge >= 0.3 is 12.0 Å². The van der Waals surface area contributed by atoms with Crippen LogP contribution in [0.1, 0.15) is 41.0 Å². The van der Waals surface area contributed by atoms with Gasteiger partial charge in [0.15, 0.2) is 0 Å². The third-order valence-electron chi connectivity index (χ3n) is 6.39. The van der Waals surface area contributed by atoms with Crippen LogP contribution in [0, 0.1) is 13.8 Å². The number of carbonyl (C=O) groups is 2. The molecule has 1 aliphatic heterocycles. The summed E-state index contributed by atoms with van der Waals surface area (Å²) in [5, 5.41) is 7.62. The third-order valence-corrected chi connectivity index (χ3v) is 6.39. The highest BCUT2D eigenvalue weighted by molar-refractivity contribution is 5.81. The maximum absolute atomic E-state index is 13.6. The molecule has 2 aromatic carbocycles. The maximum Gasteiger partial charge on any atom is 0.325 e. The molecule has 0 saturated carbocycles. The molecule has 0 saturated heterocycles. The first-order valence-electron chi connectivity index (χ1n) is 12.1. The second-order valence-electron chi connectivity index (χ2n) is 8.85. The number of amides is 2. The first kappa shape index (κ1) is 23.4. The topological polar surface area (TPSA) is 81.4 Å². The molecule has 3 heterocycles. The van der Waals surface area contributed by atoms with E-state index in [2.05, 4.69) is 16.0 Å². The number of nitrogens with one attached hydrogen (secondary N) is 1. The molecular weight excluding hydrogens is 454 g/mol. The Bertz CT molecular complexity index is 1410. The smallest absolute Gasteiger partial charge is 0.325 e. The minimum Gasteiger partial charge on any atom is -0.465 e. The Morgan fingerprint density at radius 1 is 1.06 bits per heavy atom. The minimum atomic E-state index is -0.468. The molecule has 1 N–H and O–H groups in total. The Hall–Kier alpha value is -4.33. The Morgan fingerprint density at radius 2 is 1.86 bits per heavy atom. The van der Waals surface area contributed by atoms with Crippen LogP contribution in [-0.2, 0) is 16.1 Å². The van der Waals surface area contributed by atoms with E-state index in [1.807, 2.05) is 85.4 Å². The Balaban J connectivity index is 1.66. The van der Waals surface area contributed by atoms with E-state index in [1.165, 1.54) is 0 Å². The zero-order chi connectivity index (χ0) is 25.2. The maximum atomic E-state index is 13.6. The molecule has 0 bridgehead atoms. The number of rotatable bonds is 5. The third kappa shape index (κ3) is 4.26. The quantitative estimate of drug-likeness (QED) is 0.425. The summed E-state index contributed by atoms with van der Waals surface area (Å²) in [6.45, 7) is 6.13. The van der Waals surface area contributed by atoms with Crippen molar-refractivity contribution in [1.82, 2.24) is 24.6 Å². The highest BCUT2D eigenvalue weighted by atomic mass is 16.5. The average Bonchev–Trinajstić information content (AvgIpc) is 3.43. The fraction of sp³-hybridized carbons (Fsp3) is 0.250. The van der Waals surface area contributed by atoms with E-state index in [0.29, 0.717) is 6.54 Å². The van der Waals surface area contributed by atoms with Crippen LogP contribution >= 0.6 is 0 Å². The number of aryl methyl sites for hydroxylation is 2. The molecule has 8 nitrogen and oxygen atoms in total. The Morgan fingerprint density at radius 3 is 2.61 bits per heavy atom. The molecule has 4 aromatic rings. The average molecular weight is 484 g/mol. The lowest BCUT2D eigenvalue weighted by molar-refractivity contribution is -0.141. The number of esters is 1. The molecule has 36 heavy (non-hydrogen) atoms. The lowest BCUT2D eigenvalue weighted by Crippen LogP contribution is -2.44. The van der Waals surface area contributed by atoms with Gasteiger partial charge < -0.3 is 19.5 Å². The molecule has 2 amide bonds. The molecule has 0 aliphatic carbocycles. The van der Waals surface area contributed by atoms with Gasteiger partial charge in [0.25, 0.3) is 0 Å². The van der Waals surface area contributed by atoms with Crippen molar-refractivity contribution >= 4 is 12.0 Å².